The number of halogens is 1. The maximum Gasteiger partial charge on any atom is 0.273 e. The Morgan fingerprint density at radius 3 is 2.56 bits per heavy atom. The van der Waals surface area contributed by atoms with E-state index in [9.17, 15) is 14.5 Å². The van der Waals surface area contributed by atoms with Crippen LogP contribution in [-0.2, 0) is 0 Å². The van der Waals surface area contributed by atoms with E-state index in [1.165, 1.54) is 17.8 Å². The average Bonchev–Trinajstić information content (AvgIpc) is 2.25. The average molecular weight is 243 g/mol. The van der Waals surface area contributed by atoms with E-state index in [2.05, 4.69) is 0 Å². The van der Waals surface area contributed by atoms with E-state index in [1.807, 2.05) is 13.8 Å². The van der Waals surface area contributed by atoms with Gasteiger partial charge >= 0.3 is 0 Å². The Labute approximate surface area is 98.2 Å². The molecule has 5 heteroatoms. The Hall–Kier alpha value is -1.10. The molecule has 1 aromatic carbocycles. The topological polar surface area (TPSA) is 43.1 Å². The van der Waals surface area contributed by atoms with Crippen LogP contribution in [0, 0.1) is 10.1 Å². The van der Waals surface area contributed by atoms with Gasteiger partial charge in [0.25, 0.3) is 5.69 Å². The second-order valence-electron chi connectivity index (χ2n) is 3.64. The van der Waals surface area contributed by atoms with Crippen LogP contribution >= 0.6 is 11.8 Å². The molecule has 0 bridgehead atoms. The molecular formula is C11H14FNO2S. The first-order valence-electron chi connectivity index (χ1n) is 5.01. The smallest absolute Gasteiger partial charge is 0.258 e. The van der Waals surface area contributed by atoms with Gasteiger partial charge in [-0.1, -0.05) is 32.0 Å². The molecule has 0 aromatic heterocycles. The number of nitro benzene ring substituents is 1. The first-order valence-corrected chi connectivity index (χ1v) is 5.95. The fraction of sp³-hybridized carbons (Fsp3) is 0.455. The third kappa shape index (κ3) is 3.20. The van der Waals surface area contributed by atoms with Crippen molar-refractivity contribution in [2.75, 3.05) is 6.67 Å². The SMILES string of the molecule is CC(C)SC(CF)c1ccccc1[N+](=O)[O-]. The molecule has 88 valence electrons. The fourth-order valence-electron chi connectivity index (χ4n) is 1.45. The van der Waals surface area contributed by atoms with E-state index >= 15 is 0 Å². The lowest BCUT2D eigenvalue weighted by Crippen LogP contribution is -2.04. The molecule has 1 atom stereocenters. The summed E-state index contributed by atoms with van der Waals surface area (Å²) < 4.78 is 12.9. The zero-order valence-corrected chi connectivity index (χ0v) is 10.0. The molecular weight excluding hydrogens is 229 g/mol. The predicted octanol–water partition coefficient (Wildman–Crippen LogP) is 3.75. The van der Waals surface area contributed by atoms with Crippen LogP contribution < -0.4 is 0 Å². The van der Waals surface area contributed by atoms with Crippen LogP contribution in [0.3, 0.4) is 0 Å². The maximum atomic E-state index is 12.9. The minimum Gasteiger partial charge on any atom is -0.258 e. The third-order valence-corrected chi connectivity index (χ3v) is 3.31. The van der Waals surface area contributed by atoms with Crippen LogP contribution in [0.5, 0.6) is 0 Å². The summed E-state index contributed by atoms with van der Waals surface area (Å²) in [6, 6.07) is 6.33. The number of para-hydroxylation sites is 1. The summed E-state index contributed by atoms with van der Waals surface area (Å²) in [5.74, 6) is 0. The first kappa shape index (κ1) is 13.0. The zero-order valence-electron chi connectivity index (χ0n) is 9.22. The fourth-order valence-corrected chi connectivity index (χ4v) is 2.52. The van der Waals surface area contributed by atoms with Crippen LogP contribution in [0.4, 0.5) is 10.1 Å². The number of nitrogens with zero attached hydrogens (tertiary/aromatic N) is 1. The van der Waals surface area contributed by atoms with E-state index in [-0.39, 0.29) is 10.9 Å². The highest BCUT2D eigenvalue weighted by atomic mass is 32.2. The molecule has 1 rings (SSSR count). The van der Waals surface area contributed by atoms with Crippen molar-refractivity contribution in [2.45, 2.75) is 24.3 Å². The van der Waals surface area contributed by atoms with Crippen LogP contribution in [-0.4, -0.2) is 16.8 Å². The third-order valence-electron chi connectivity index (χ3n) is 2.06. The summed E-state index contributed by atoms with van der Waals surface area (Å²) in [4.78, 5) is 10.3. The van der Waals surface area contributed by atoms with Crippen molar-refractivity contribution in [2.24, 2.45) is 0 Å². The van der Waals surface area contributed by atoms with Gasteiger partial charge in [-0.2, -0.15) is 0 Å². The van der Waals surface area contributed by atoms with Crippen molar-refractivity contribution >= 4 is 17.4 Å². The Morgan fingerprint density at radius 2 is 2.06 bits per heavy atom. The van der Waals surface area contributed by atoms with Crippen molar-refractivity contribution < 1.29 is 9.31 Å². The molecule has 0 spiro atoms. The molecule has 0 amide bonds. The minimum absolute atomic E-state index is 0.00157. The highest BCUT2D eigenvalue weighted by Crippen LogP contribution is 2.37. The molecule has 1 aromatic rings. The molecule has 0 aliphatic heterocycles. The molecule has 0 saturated carbocycles. The van der Waals surface area contributed by atoms with Gasteiger partial charge in [-0.15, -0.1) is 11.8 Å². The van der Waals surface area contributed by atoms with Gasteiger partial charge in [0.15, 0.2) is 0 Å². The summed E-state index contributed by atoms with van der Waals surface area (Å²) >= 11 is 1.40. The number of nitro groups is 1. The van der Waals surface area contributed by atoms with Crippen molar-refractivity contribution in [1.29, 1.82) is 0 Å². The molecule has 0 aliphatic carbocycles. The van der Waals surface area contributed by atoms with Crippen LogP contribution in [0.1, 0.15) is 24.7 Å². The Kier molecular flexibility index (Phi) is 4.73. The zero-order chi connectivity index (χ0) is 12.1. The largest absolute Gasteiger partial charge is 0.273 e. The van der Waals surface area contributed by atoms with Crippen LogP contribution in [0.2, 0.25) is 0 Å². The first-order chi connectivity index (χ1) is 7.56. The molecule has 16 heavy (non-hydrogen) atoms. The van der Waals surface area contributed by atoms with Gasteiger partial charge < -0.3 is 0 Å². The lowest BCUT2D eigenvalue weighted by Gasteiger charge is -2.15. The highest BCUT2D eigenvalue weighted by molar-refractivity contribution is 8.00. The van der Waals surface area contributed by atoms with Crippen LogP contribution in [0.25, 0.3) is 0 Å². The number of hydrogen-bond acceptors (Lipinski definition) is 3. The Balaban J connectivity index is 3.04. The summed E-state index contributed by atoms with van der Waals surface area (Å²) in [6.45, 7) is 3.30. The second-order valence-corrected chi connectivity index (χ2v) is 5.43. The molecule has 3 nitrogen and oxygen atoms in total. The van der Waals surface area contributed by atoms with Gasteiger partial charge in [0.05, 0.1) is 10.2 Å². The molecule has 0 saturated heterocycles. The molecule has 0 fully saturated rings. The summed E-state index contributed by atoms with van der Waals surface area (Å²) in [7, 11) is 0. The lowest BCUT2D eigenvalue weighted by molar-refractivity contribution is -0.385. The van der Waals surface area contributed by atoms with Gasteiger partial charge in [-0.25, -0.2) is 4.39 Å². The summed E-state index contributed by atoms with van der Waals surface area (Å²) in [5, 5.41) is 10.6. The predicted molar refractivity (Wildman–Crippen MR) is 64.5 cm³/mol. The Bertz CT molecular complexity index is 371. The Morgan fingerprint density at radius 1 is 1.44 bits per heavy atom. The van der Waals surface area contributed by atoms with Crippen molar-refractivity contribution in [3.8, 4) is 0 Å². The van der Waals surface area contributed by atoms with Gasteiger partial charge in [0.1, 0.15) is 6.67 Å². The second kappa shape index (κ2) is 5.84. The van der Waals surface area contributed by atoms with Crippen molar-refractivity contribution in [3.63, 3.8) is 0 Å². The summed E-state index contributed by atoms with van der Waals surface area (Å²) in [5.41, 5.74) is 0.465. The van der Waals surface area contributed by atoms with Gasteiger partial charge in [0.2, 0.25) is 0 Å². The van der Waals surface area contributed by atoms with Gasteiger partial charge in [0, 0.05) is 11.6 Å². The number of hydrogen-bond donors (Lipinski definition) is 0. The van der Waals surface area contributed by atoms with Crippen molar-refractivity contribution in [1.82, 2.24) is 0 Å². The monoisotopic (exact) mass is 243 g/mol. The highest BCUT2D eigenvalue weighted by Gasteiger charge is 2.22. The van der Waals surface area contributed by atoms with Gasteiger partial charge in [-0.05, 0) is 5.25 Å². The molecule has 0 radical (unpaired) electrons. The molecule has 0 N–H and O–H groups in total. The number of rotatable bonds is 5. The van der Waals surface area contributed by atoms with E-state index in [1.54, 1.807) is 18.2 Å². The van der Waals surface area contributed by atoms with Crippen LogP contribution in [0.15, 0.2) is 24.3 Å². The van der Waals surface area contributed by atoms with E-state index in [0.717, 1.165) is 0 Å². The molecule has 0 aliphatic rings. The van der Waals surface area contributed by atoms with E-state index < -0.39 is 16.8 Å². The summed E-state index contributed by atoms with van der Waals surface area (Å²) in [6.07, 6.45) is 0. The van der Waals surface area contributed by atoms with E-state index in [0.29, 0.717) is 5.56 Å². The van der Waals surface area contributed by atoms with E-state index in [4.69, 9.17) is 0 Å². The number of alkyl halides is 1. The number of benzene rings is 1. The maximum absolute atomic E-state index is 12.9. The lowest BCUT2D eigenvalue weighted by atomic mass is 10.1. The quantitative estimate of drug-likeness (QED) is 0.584. The molecule has 0 heterocycles. The van der Waals surface area contributed by atoms with Crippen molar-refractivity contribution in [3.05, 3.63) is 39.9 Å². The standard InChI is InChI=1S/C11H14FNO2S/c1-8(2)16-11(7-12)9-5-3-4-6-10(9)13(14)15/h3-6,8,11H,7H2,1-2H3. The number of thioether (sulfide) groups is 1. The molecule has 1 unspecified atom stereocenters. The minimum atomic E-state index is -0.590. The van der Waals surface area contributed by atoms with Gasteiger partial charge in [-0.3, -0.25) is 10.1 Å². The normalized spacial score (nSPS) is 12.8.